The van der Waals surface area contributed by atoms with E-state index >= 15 is 0 Å². The van der Waals surface area contributed by atoms with Crippen LogP contribution in [0.5, 0.6) is 0 Å². The van der Waals surface area contributed by atoms with Crippen LogP contribution in [-0.4, -0.2) is 53.1 Å². The number of nitrogens with zero attached hydrogens (tertiary/aromatic N) is 5. The lowest BCUT2D eigenvalue weighted by Gasteiger charge is -2.34. The molecule has 0 unspecified atom stereocenters. The third kappa shape index (κ3) is 3.62. The molecule has 0 saturated carbocycles. The SMILES string of the molecule is CN1CCN(c2ncccc2CNc2ncnc(N)c2Cl)CC1. The van der Waals surface area contributed by atoms with Crippen LogP contribution < -0.4 is 16.0 Å². The highest BCUT2D eigenvalue weighted by atomic mass is 35.5. The minimum Gasteiger partial charge on any atom is -0.382 e. The molecule has 0 spiro atoms. The van der Waals surface area contributed by atoms with Crippen LogP contribution in [0.1, 0.15) is 5.56 Å². The predicted molar refractivity (Wildman–Crippen MR) is 92.7 cm³/mol. The number of nitrogens with two attached hydrogens (primary N) is 1. The number of likely N-dealkylation sites (N-methyl/N-ethyl adjacent to an activating group) is 1. The molecular formula is C15H20ClN7. The molecule has 122 valence electrons. The first kappa shape index (κ1) is 15.8. The second-order valence-electron chi connectivity index (χ2n) is 5.55. The Morgan fingerprint density at radius 2 is 2.00 bits per heavy atom. The van der Waals surface area contributed by atoms with Gasteiger partial charge in [0.25, 0.3) is 0 Å². The van der Waals surface area contributed by atoms with E-state index in [1.165, 1.54) is 6.33 Å². The summed E-state index contributed by atoms with van der Waals surface area (Å²) in [5.74, 6) is 1.81. The van der Waals surface area contributed by atoms with E-state index in [2.05, 4.69) is 43.2 Å². The van der Waals surface area contributed by atoms with Crippen LogP contribution in [0.25, 0.3) is 0 Å². The van der Waals surface area contributed by atoms with Gasteiger partial charge in [0.1, 0.15) is 23.0 Å². The zero-order valence-electron chi connectivity index (χ0n) is 13.0. The molecular weight excluding hydrogens is 314 g/mol. The van der Waals surface area contributed by atoms with E-state index in [4.69, 9.17) is 17.3 Å². The topological polar surface area (TPSA) is 83.2 Å². The number of halogens is 1. The van der Waals surface area contributed by atoms with Crippen molar-refractivity contribution in [2.45, 2.75) is 6.54 Å². The van der Waals surface area contributed by atoms with Crippen molar-refractivity contribution in [3.8, 4) is 0 Å². The molecule has 0 atom stereocenters. The van der Waals surface area contributed by atoms with Gasteiger partial charge in [-0.05, 0) is 13.1 Å². The zero-order chi connectivity index (χ0) is 16.2. The Morgan fingerprint density at radius 1 is 1.22 bits per heavy atom. The molecule has 7 nitrogen and oxygen atoms in total. The molecule has 0 radical (unpaired) electrons. The summed E-state index contributed by atoms with van der Waals surface area (Å²) < 4.78 is 0. The first-order valence-corrected chi connectivity index (χ1v) is 7.90. The minimum absolute atomic E-state index is 0.273. The number of nitrogen functional groups attached to an aromatic ring is 1. The van der Waals surface area contributed by atoms with Crippen molar-refractivity contribution in [2.75, 3.05) is 49.2 Å². The average Bonchev–Trinajstić information content (AvgIpc) is 2.57. The van der Waals surface area contributed by atoms with Crippen LogP contribution in [-0.2, 0) is 6.54 Å². The highest BCUT2D eigenvalue weighted by molar-refractivity contribution is 6.35. The Morgan fingerprint density at radius 3 is 2.78 bits per heavy atom. The summed E-state index contributed by atoms with van der Waals surface area (Å²) in [5.41, 5.74) is 6.80. The Kier molecular flexibility index (Phi) is 4.78. The average molecular weight is 334 g/mol. The maximum absolute atomic E-state index is 6.12. The molecule has 0 aliphatic carbocycles. The summed E-state index contributed by atoms with van der Waals surface area (Å²) in [4.78, 5) is 17.2. The van der Waals surface area contributed by atoms with E-state index in [9.17, 15) is 0 Å². The van der Waals surface area contributed by atoms with Gasteiger partial charge in [-0.2, -0.15) is 0 Å². The van der Waals surface area contributed by atoms with Crippen molar-refractivity contribution >= 4 is 29.1 Å². The summed E-state index contributed by atoms with van der Waals surface area (Å²) in [6.45, 7) is 4.60. The van der Waals surface area contributed by atoms with Gasteiger partial charge < -0.3 is 20.9 Å². The molecule has 3 N–H and O–H groups in total. The van der Waals surface area contributed by atoms with Crippen LogP contribution in [0, 0.1) is 0 Å². The van der Waals surface area contributed by atoms with Crippen molar-refractivity contribution in [2.24, 2.45) is 0 Å². The largest absolute Gasteiger partial charge is 0.382 e. The van der Waals surface area contributed by atoms with Gasteiger partial charge >= 0.3 is 0 Å². The van der Waals surface area contributed by atoms with Crippen molar-refractivity contribution < 1.29 is 0 Å². The molecule has 0 bridgehead atoms. The number of aromatic nitrogens is 3. The molecule has 1 fully saturated rings. The highest BCUT2D eigenvalue weighted by Gasteiger charge is 2.18. The van der Waals surface area contributed by atoms with Crippen molar-refractivity contribution in [3.05, 3.63) is 35.2 Å². The van der Waals surface area contributed by atoms with Gasteiger partial charge in [-0.15, -0.1) is 0 Å². The highest BCUT2D eigenvalue weighted by Crippen LogP contribution is 2.25. The van der Waals surface area contributed by atoms with E-state index in [0.717, 1.165) is 37.6 Å². The van der Waals surface area contributed by atoms with E-state index in [1.54, 1.807) is 0 Å². The quantitative estimate of drug-likeness (QED) is 0.876. The van der Waals surface area contributed by atoms with Gasteiger partial charge in [-0.25, -0.2) is 15.0 Å². The normalized spacial score (nSPS) is 15.7. The standard InChI is InChI=1S/C15H20ClN7/c1-22-5-7-23(8-6-22)15-11(3-2-4-18-15)9-19-14-12(16)13(17)20-10-21-14/h2-4,10H,5-9H2,1H3,(H3,17,19,20,21). The summed E-state index contributed by atoms with van der Waals surface area (Å²) in [6, 6.07) is 4.00. The second-order valence-corrected chi connectivity index (χ2v) is 5.93. The maximum Gasteiger partial charge on any atom is 0.150 e. The molecule has 23 heavy (non-hydrogen) atoms. The summed E-state index contributed by atoms with van der Waals surface area (Å²) in [5, 5.41) is 3.56. The molecule has 3 heterocycles. The number of rotatable bonds is 4. The number of anilines is 3. The van der Waals surface area contributed by atoms with Gasteiger partial charge in [-0.1, -0.05) is 17.7 Å². The van der Waals surface area contributed by atoms with E-state index in [0.29, 0.717) is 17.4 Å². The third-order valence-corrected chi connectivity index (χ3v) is 4.31. The lowest BCUT2D eigenvalue weighted by Crippen LogP contribution is -2.45. The Bertz CT molecular complexity index is 671. The van der Waals surface area contributed by atoms with Crippen LogP contribution in [0.4, 0.5) is 17.5 Å². The molecule has 2 aromatic heterocycles. The van der Waals surface area contributed by atoms with Crippen LogP contribution in [0.3, 0.4) is 0 Å². The fourth-order valence-electron chi connectivity index (χ4n) is 2.56. The van der Waals surface area contributed by atoms with Crippen LogP contribution in [0.2, 0.25) is 5.02 Å². The van der Waals surface area contributed by atoms with Crippen molar-refractivity contribution in [1.82, 2.24) is 19.9 Å². The smallest absolute Gasteiger partial charge is 0.150 e. The number of nitrogens with one attached hydrogen (secondary N) is 1. The summed E-state index contributed by atoms with van der Waals surface area (Å²) in [6.07, 6.45) is 3.22. The predicted octanol–water partition coefficient (Wildman–Crippen LogP) is 1.47. The second kappa shape index (κ2) is 6.97. The van der Waals surface area contributed by atoms with E-state index in [-0.39, 0.29) is 5.82 Å². The molecule has 8 heteroatoms. The van der Waals surface area contributed by atoms with Gasteiger partial charge in [-0.3, -0.25) is 0 Å². The monoisotopic (exact) mass is 333 g/mol. The molecule has 1 saturated heterocycles. The van der Waals surface area contributed by atoms with Gasteiger partial charge in [0.2, 0.25) is 0 Å². The third-order valence-electron chi connectivity index (χ3n) is 3.93. The van der Waals surface area contributed by atoms with Gasteiger partial charge in [0.15, 0.2) is 5.82 Å². The molecule has 2 aromatic rings. The van der Waals surface area contributed by atoms with E-state index < -0.39 is 0 Å². The number of hydrogen-bond acceptors (Lipinski definition) is 7. The molecule has 0 aromatic carbocycles. The molecule has 1 aliphatic heterocycles. The summed E-state index contributed by atoms with van der Waals surface area (Å²) >= 11 is 6.12. The van der Waals surface area contributed by atoms with Crippen LogP contribution >= 0.6 is 11.6 Å². The number of pyridine rings is 1. The first-order valence-electron chi connectivity index (χ1n) is 7.52. The van der Waals surface area contributed by atoms with Gasteiger partial charge in [0, 0.05) is 44.5 Å². The molecule has 0 amide bonds. The van der Waals surface area contributed by atoms with Crippen molar-refractivity contribution in [3.63, 3.8) is 0 Å². The maximum atomic E-state index is 6.12. The van der Waals surface area contributed by atoms with Crippen molar-refractivity contribution in [1.29, 1.82) is 0 Å². The minimum atomic E-state index is 0.273. The Hall–Kier alpha value is -2.12. The first-order chi connectivity index (χ1) is 11.1. The lowest BCUT2D eigenvalue weighted by atomic mass is 10.2. The number of piperazine rings is 1. The van der Waals surface area contributed by atoms with E-state index in [1.807, 2.05) is 12.3 Å². The number of hydrogen-bond donors (Lipinski definition) is 2. The fraction of sp³-hybridized carbons (Fsp3) is 0.400. The Labute approximate surface area is 140 Å². The van der Waals surface area contributed by atoms with Gasteiger partial charge in [0.05, 0.1) is 0 Å². The van der Waals surface area contributed by atoms with Crippen LogP contribution in [0.15, 0.2) is 24.7 Å². The molecule has 3 rings (SSSR count). The Balaban J connectivity index is 1.74. The lowest BCUT2D eigenvalue weighted by molar-refractivity contribution is 0.312. The molecule has 1 aliphatic rings. The zero-order valence-corrected chi connectivity index (χ0v) is 13.8. The fourth-order valence-corrected chi connectivity index (χ4v) is 2.72. The summed E-state index contributed by atoms with van der Waals surface area (Å²) in [7, 11) is 2.14.